The summed E-state index contributed by atoms with van der Waals surface area (Å²) in [6.45, 7) is 10.2. The number of aliphatic hydroxyl groups excluding tert-OH is 2. The lowest BCUT2D eigenvalue weighted by molar-refractivity contribution is -0.246. The number of hydrogen-bond acceptors (Lipinski definition) is 7. The van der Waals surface area contributed by atoms with E-state index in [-0.39, 0.29) is 30.2 Å². The van der Waals surface area contributed by atoms with Gasteiger partial charge in [-0.3, -0.25) is 4.79 Å². The van der Waals surface area contributed by atoms with Crippen LogP contribution < -0.4 is 4.74 Å². The van der Waals surface area contributed by atoms with E-state index < -0.39 is 34.9 Å². The van der Waals surface area contributed by atoms with E-state index >= 15 is 0 Å². The van der Waals surface area contributed by atoms with Crippen LogP contribution in [-0.4, -0.2) is 39.1 Å². The summed E-state index contributed by atoms with van der Waals surface area (Å²) < 4.78 is 17.7. The van der Waals surface area contributed by atoms with Crippen LogP contribution in [0.1, 0.15) is 76.9 Å². The van der Waals surface area contributed by atoms with Gasteiger partial charge in [0, 0.05) is 29.7 Å². The maximum absolute atomic E-state index is 11.8. The van der Waals surface area contributed by atoms with Crippen molar-refractivity contribution in [3.8, 4) is 11.5 Å². The van der Waals surface area contributed by atoms with E-state index in [0.29, 0.717) is 29.7 Å². The second-order valence-electron chi connectivity index (χ2n) is 11.2. The lowest BCUT2D eigenvalue weighted by atomic mass is 9.43. The number of esters is 1. The Labute approximate surface area is 188 Å². The van der Waals surface area contributed by atoms with Crippen molar-refractivity contribution in [2.45, 2.75) is 91.0 Å². The Morgan fingerprint density at radius 1 is 1.22 bits per heavy atom. The predicted molar refractivity (Wildman–Crippen MR) is 115 cm³/mol. The summed E-state index contributed by atoms with van der Waals surface area (Å²) in [7, 11) is 0. The normalized spacial score (nSPS) is 41.5. The third-order valence-electron chi connectivity index (χ3n) is 9.19. The van der Waals surface area contributed by atoms with Crippen molar-refractivity contribution >= 4 is 5.97 Å². The first-order valence-electron chi connectivity index (χ1n) is 11.6. The zero-order chi connectivity index (χ0) is 23.2. The number of ether oxygens (including phenoxy) is 3. The molecule has 1 aromatic carbocycles. The molecule has 7 heteroatoms. The molecule has 176 valence electrons. The van der Waals surface area contributed by atoms with Crippen LogP contribution in [0.25, 0.3) is 0 Å². The highest BCUT2D eigenvalue weighted by Crippen LogP contribution is 2.67. The molecule has 7 atom stereocenters. The molecule has 0 aromatic heterocycles. The van der Waals surface area contributed by atoms with Crippen molar-refractivity contribution in [1.29, 1.82) is 0 Å². The molecular weight excluding hydrogens is 412 g/mol. The second-order valence-corrected chi connectivity index (χ2v) is 11.2. The highest BCUT2D eigenvalue weighted by Gasteiger charge is 2.69. The van der Waals surface area contributed by atoms with Gasteiger partial charge in [-0.25, -0.2) is 0 Å². The number of fused-ring (bicyclic) bond motifs is 4. The molecule has 2 heterocycles. The first-order valence-corrected chi connectivity index (χ1v) is 11.6. The van der Waals surface area contributed by atoms with E-state index in [9.17, 15) is 20.1 Å². The van der Waals surface area contributed by atoms with Crippen LogP contribution in [0.3, 0.4) is 0 Å². The first kappa shape index (κ1) is 22.0. The Bertz CT molecular complexity index is 972. The average molecular weight is 447 g/mol. The fourth-order valence-corrected chi connectivity index (χ4v) is 7.73. The van der Waals surface area contributed by atoms with Gasteiger partial charge in [-0.05, 0) is 42.7 Å². The summed E-state index contributed by atoms with van der Waals surface area (Å²) in [5.41, 5.74) is 0.419. The fraction of sp³-hybridized carbons (Fsp3) is 0.720. The molecule has 1 spiro atoms. The minimum absolute atomic E-state index is 0.0608. The summed E-state index contributed by atoms with van der Waals surface area (Å²) in [6, 6.07) is 1.89. The Morgan fingerprint density at radius 3 is 2.62 bits per heavy atom. The monoisotopic (exact) mass is 446 g/mol. The average Bonchev–Trinajstić information content (AvgIpc) is 3.26. The quantitative estimate of drug-likeness (QED) is 0.568. The van der Waals surface area contributed by atoms with Crippen molar-refractivity contribution < 1.29 is 34.3 Å². The first-order chi connectivity index (χ1) is 14.9. The summed E-state index contributed by atoms with van der Waals surface area (Å²) in [6.07, 6.45) is 0.333. The van der Waals surface area contributed by atoms with Crippen LogP contribution in [-0.2, 0) is 27.3 Å². The number of rotatable bonds is 1. The summed E-state index contributed by atoms with van der Waals surface area (Å²) in [5, 5.41) is 32.4. The Balaban J connectivity index is 1.59. The molecule has 0 unspecified atom stereocenters. The molecular formula is C25H34O7. The molecule has 2 fully saturated rings. The molecule has 1 aromatic rings. The van der Waals surface area contributed by atoms with Crippen LogP contribution in [0, 0.1) is 22.7 Å². The molecule has 7 nitrogen and oxygen atoms in total. The maximum atomic E-state index is 11.8. The number of hydrogen-bond donors (Lipinski definition) is 3. The number of carbonyl (C=O) groups excluding carboxylic acids is 1. The van der Waals surface area contributed by atoms with Crippen molar-refractivity contribution in [3.63, 3.8) is 0 Å². The van der Waals surface area contributed by atoms with Crippen molar-refractivity contribution in [2.24, 2.45) is 22.7 Å². The van der Waals surface area contributed by atoms with Gasteiger partial charge in [0.25, 0.3) is 0 Å². The number of phenolic OH excluding ortho intramolecular Hbond substituents is 1. The molecule has 0 bridgehead atoms. The summed E-state index contributed by atoms with van der Waals surface area (Å²) in [5.74, 6) is 0.665. The number of carbonyl (C=O) groups is 1. The molecule has 4 aliphatic rings. The van der Waals surface area contributed by atoms with Crippen molar-refractivity contribution in [2.75, 3.05) is 0 Å². The zero-order valence-electron chi connectivity index (χ0n) is 19.5. The van der Waals surface area contributed by atoms with Crippen LogP contribution >= 0.6 is 0 Å². The summed E-state index contributed by atoms with van der Waals surface area (Å²) in [4.78, 5) is 11.8. The smallest absolute Gasteiger partial charge is 0.303 e. The van der Waals surface area contributed by atoms with Crippen LogP contribution in [0.4, 0.5) is 0 Å². The number of phenols is 1. The van der Waals surface area contributed by atoms with Gasteiger partial charge < -0.3 is 29.5 Å². The van der Waals surface area contributed by atoms with Gasteiger partial charge in [0.15, 0.2) is 6.29 Å². The molecule has 32 heavy (non-hydrogen) atoms. The van der Waals surface area contributed by atoms with Gasteiger partial charge in [0.2, 0.25) is 0 Å². The highest BCUT2D eigenvalue weighted by molar-refractivity contribution is 5.66. The molecule has 2 aliphatic heterocycles. The zero-order valence-corrected chi connectivity index (χ0v) is 19.5. The fourth-order valence-electron chi connectivity index (χ4n) is 7.73. The Kier molecular flexibility index (Phi) is 4.70. The third kappa shape index (κ3) is 2.68. The number of aromatic hydroxyl groups is 1. The minimum atomic E-state index is -1.13. The standard InChI is InChI=1S/C25H34O7/c1-12-6-7-18-23(3,4)21(31-13(2)26)16(27)10-24(18,5)25(12)9-15-17(32-25)8-14-11-30-22(29)19(14)20(15)28/h8,12,16,18,21-22,27-29H,6-7,9-11H2,1-5H3/t12-,16-,18-,21-,22-,24+,25+/m1/s1. The minimum Gasteiger partial charge on any atom is -0.507 e. The topological polar surface area (TPSA) is 105 Å². The van der Waals surface area contributed by atoms with Crippen LogP contribution in [0.2, 0.25) is 0 Å². The molecule has 0 radical (unpaired) electrons. The van der Waals surface area contributed by atoms with E-state index in [1.165, 1.54) is 6.92 Å². The summed E-state index contributed by atoms with van der Waals surface area (Å²) >= 11 is 0. The predicted octanol–water partition coefficient (Wildman–Crippen LogP) is 3.36. The van der Waals surface area contributed by atoms with Gasteiger partial charge >= 0.3 is 5.97 Å². The van der Waals surface area contributed by atoms with Gasteiger partial charge in [-0.2, -0.15) is 0 Å². The van der Waals surface area contributed by atoms with Gasteiger partial charge in [0.05, 0.1) is 18.3 Å². The lowest BCUT2D eigenvalue weighted by Crippen LogP contribution is -2.69. The van der Waals surface area contributed by atoms with Crippen LogP contribution in [0.5, 0.6) is 11.5 Å². The lowest BCUT2D eigenvalue weighted by Gasteiger charge is -2.65. The van der Waals surface area contributed by atoms with E-state index in [1.807, 2.05) is 6.07 Å². The molecule has 2 saturated carbocycles. The third-order valence-corrected chi connectivity index (χ3v) is 9.19. The van der Waals surface area contributed by atoms with E-state index in [0.717, 1.165) is 18.4 Å². The molecule has 0 saturated heterocycles. The van der Waals surface area contributed by atoms with E-state index in [1.54, 1.807) is 0 Å². The van der Waals surface area contributed by atoms with Gasteiger partial charge in [0.1, 0.15) is 23.2 Å². The maximum Gasteiger partial charge on any atom is 0.303 e. The Morgan fingerprint density at radius 2 is 1.94 bits per heavy atom. The molecule has 5 rings (SSSR count). The van der Waals surface area contributed by atoms with Crippen LogP contribution in [0.15, 0.2) is 6.07 Å². The SMILES string of the molecule is CC(=O)O[C@@H]1[C@H](O)C[C@@]2(C)[C@H](CC[C@@H](C)[C@@]23Cc2c(cc4c(c2O)[C@H](O)OC4)O3)C1(C)C. The van der Waals surface area contributed by atoms with Gasteiger partial charge in [-0.15, -0.1) is 0 Å². The largest absolute Gasteiger partial charge is 0.507 e. The van der Waals surface area contributed by atoms with Crippen molar-refractivity contribution in [3.05, 3.63) is 22.8 Å². The molecule has 0 amide bonds. The van der Waals surface area contributed by atoms with E-state index in [4.69, 9.17) is 14.2 Å². The van der Waals surface area contributed by atoms with E-state index in [2.05, 4.69) is 27.7 Å². The molecule has 2 aliphatic carbocycles. The Hall–Kier alpha value is -1.83. The van der Waals surface area contributed by atoms with Gasteiger partial charge in [-0.1, -0.05) is 27.7 Å². The highest BCUT2D eigenvalue weighted by atomic mass is 16.6. The number of benzene rings is 1. The molecule has 3 N–H and O–H groups in total. The second kappa shape index (κ2) is 6.84. The van der Waals surface area contributed by atoms with Crippen molar-refractivity contribution in [1.82, 2.24) is 0 Å². The number of aliphatic hydroxyl groups is 2.